The summed E-state index contributed by atoms with van der Waals surface area (Å²) in [7, 11) is 1.65. The van der Waals surface area contributed by atoms with E-state index < -0.39 is 0 Å². The van der Waals surface area contributed by atoms with Crippen molar-refractivity contribution in [3.8, 4) is 5.75 Å². The van der Waals surface area contributed by atoms with Crippen molar-refractivity contribution < 1.29 is 14.6 Å². The Morgan fingerprint density at radius 2 is 2.09 bits per heavy atom. The van der Waals surface area contributed by atoms with Gasteiger partial charge in [0.1, 0.15) is 5.75 Å². The van der Waals surface area contributed by atoms with E-state index in [0.29, 0.717) is 18.4 Å². The Morgan fingerprint density at radius 1 is 1.39 bits per heavy atom. The predicted molar refractivity (Wildman–Crippen MR) is 90.3 cm³/mol. The molecule has 128 valence electrons. The minimum atomic E-state index is -0.00959. The van der Waals surface area contributed by atoms with E-state index in [1.54, 1.807) is 7.11 Å². The first-order valence-corrected chi connectivity index (χ1v) is 8.30. The fourth-order valence-electron chi connectivity index (χ4n) is 3.07. The minimum absolute atomic E-state index is 0.00959. The van der Waals surface area contributed by atoms with Crippen LogP contribution in [0.5, 0.6) is 5.75 Å². The molecule has 1 fully saturated rings. The van der Waals surface area contributed by atoms with Gasteiger partial charge in [-0.1, -0.05) is 26.0 Å². The molecule has 2 atom stereocenters. The maximum absolute atomic E-state index is 12.4. The molecule has 0 spiro atoms. The molecule has 0 aromatic heterocycles. The van der Waals surface area contributed by atoms with Gasteiger partial charge in [-0.3, -0.25) is 9.69 Å². The van der Waals surface area contributed by atoms with Crippen molar-refractivity contribution in [3.63, 3.8) is 0 Å². The number of hydrogen-bond donors (Lipinski definition) is 2. The summed E-state index contributed by atoms with van der Waals surface area (Å²) >= 11 is 0. The summed E-state index contributed by atoms with van der Waals surface area (Å²) in [5, 5.41) is 12.3. The third-order valence-corrected chi connectivity index (χ3v) is 4.45. The Bertz CT molecular complexity index is 501. The standard InChI is InChI=1S/C18H28N2O3/c1-13(2)18(15-4-6-16(23-3)7-5-15)19-17(22)11-20-9-8-14(10-20)12-21/h4-7,13-14,18,21H,8-12H2,1-3H3,(H,19,22). The van der Waals surface area contributed by atoms with Gasteiger partial charge in [-0.25, -0.2) is 0 Å². The third kappa shape index (κ3) is 4.94. The Morgan fingerprint density at radius 3 is 2.61 bits per heavy atom. The smallest absolute Gasteiger partial charge is 0.234 e. The molecule has 0 aliphatic carbocycles. The summed E-state index contributed by atoms with van der Waals surface area (Å²) < 4.78 is 5.19. The van der Waals surface area contributed by atoms with E-state index in [4.69, 9.17) is 4.74 Å². The second kappa shape index (κ2) is 8.31. The molecule has 1 heterocycles. The van der Waals surface area contributed by atoms with E-state index in [0.717, 1.165) is 30.8 Å². The monoisotopic (exact) mass is 320 g/mol. The lowest BCUT2D eigenvalue weighted by atomic mass is 9.96. The summed E-state index contributed by atoms with van der Waals surface area (Å²) in [6, 6.07) is 7.83. The van der Waals surface area contributed by atoms with Gasteiger partial charge in [0.2, 0.25) is 5.91 Å². The normalized spacial score (nSPS) is 19.8. The molecular weight excluding hydrogens is 292 g/mol. The van der Waals surface area contributed by atoms with E-state index in [1.807, 2.05) is 24.3 Å². The van der Waals surface area contributed by atoms with Gasteiger partial charge in [0.05, 0.1) is 19.7 Å². The Balaban J connectivity index is 1.94. The number of amides is 1. The van der Waals surface area contributed by atoms with E-state index in [9.17, 15) is 9.90 Å². The van der Waals surface area contributed by atoms with Gasteiger partial charge < -0.3 is 15.2 Å². The predicted octanol–water partition coefficient (Wildman–Crippen LogP) is 1.82. The summed E-state index contributed by atoms with van der Waals surface area (Å²) in [5.41, 5.74) is 1.09. The van der Waals surface area contributed by atoms with Crippen LogP contribution in [0.25, 0.3) is 0 Å². The van der Waals surface area contributed by atoms with Crippen molar-refractivity contribution >= 4 is 5.91 Å². The maximum Gasteiger partial charge on any atom is 0.234 e. The summed E-state index contributed by atoms with van der Waals surface area (Å²) in [5.74, 6) is 1.47. The molecule has 1 amide bonds. The van der Waals surface area contributed by atoms with Crippen LogP contribution in [-0.4, -0.2) is 49.3 Å². The molecule has 2 N–H and O–H groups in total. The van der Waals surface area contributed by atoms with Crippen LogP contribution in [0, 0.1) is 11.8 Å². The highest BCUT2D eigenvalue weighted by Gasteiger charge is 2.25. The van der Waals surface area contributed by atoms with Crippen LogP contribution in [0.3, 0.4) is 0 Å². The number of aliphatic hydroxyl groups is 1. The average Bonchev–Trinajstić information content (AvgIpc) is 3.00. The fourth-order valence-corrected chi connectivity index (χ4v) is 3.07. The van der Waals surface area contributed by atoms with Gasteiger partial charge >= 0.3 is 0 Å². The molecule has 0 bridgehead atoms. The zero-order valence-electron chi connectivity index (χ0n) is 14.3. The highest BCUT2D eigenvalue weighted by Crippen LogP contribution is 2.24. The fraction of sp³-hybridized carbons (Fsp3) is 0.611. The quantitative estimate of drug-likeness (QED) is 0.804. The molecule has 0 saturated carbocycles. The molecule has 1 aromatic rings. The van der Waals surface area contributed by atoms with Crippen molar-refractivity contribution in [2.45, 2.75) is 26.3 Å². The number of nitrogens with one attached hydrogen (secondary N) is 1. The third-order valence-electron chi connectivity index (χ3n) is 4.45. The molecule has 5 heteroatoms. The number of aliphatic hydroxyl groups excluding tert-OH is 1. The van der Waals surface area contributed by atoms with Gasteiger partial charge in [-0.2, -0.15) is 0 Å². The Labute approximate surface area is 138 Å². The van der Waals surface area contributed by atoms with Crippen LogP contribution >= 0.6 is 0 Å². The maximum atomic E-state index is 12.4. The lowest BCUT2D eigenvalue weighted by Gasteiger charge is -2.24. The number of benzene rings is 1. The highest BCUT2D eigenvalue weighted by molar-refractivity contribution is 5.78. The molecule has 1 aromatic carbocycles. The van der Waals surface area contributed by atoms with E-state index in [2.05, 4.69) is 24.1 Å². The molecule has 1 aliphatic heterocycles. The lowest BCUT2D eigenvalue weighted by Crippen LogP contribution is -2.39. The summed E-state index contributed by atoms with van der Waals surface area (Å²) in [6.07, 6.45) is 0.968. The summed E-state index contributed by atoms with van der Waals surface area (Å²) in [6.45, 7) is 6.50. The zero-order chi connectivity index (χ0) is 16.8. The first kappa shape index (κ1) is 17.8. The van der Waals surface area contributed by atoms with E-state index in [1.165, 1.54) is 0 Å². The number of ether oxygens (including phenoxy) is 1. The minimum Gasteiger partial charge on any atom is -0.497 e. The number of nitrogens with zero attached hydrogens (tertiary/aromatic N) is 1. The van der Waals surface area contributed by atoms with Gasteiger partial charge in [0.15, 0.2) is 0 Å². The molecule has 2 unspecified atom stereocenters. The van der Waals surface area contributed by atoms with Gasteiger partial charge in [-0.05, 0) is 42.5 Å². The number of hydrogen-bond acceptors (Lipinski definition) is 4. The van der Waals surface area contributed by atoms with E-state index in [-0.39, 0.29) is 18.6 Å². The molecular formula is C18H28N2O3. The molecule has 23 heavy (non-hydrogen) atoms. The van der Waals surface area contributed by atoms with Crippen LogP contribution in [0.4, 0.5) is 0 Å². The average molecular weight is 320 g/mol. The lowest BCUT2D eigenvalue weighted by molar-refractivity contribution is -0.123. The van der Waals surface area contributed by atoms with Gasteiger partial charge in [0, 0.05) is 13.2 Å². The molecule has 0 radical (unpaired) electrons. The van der Waals surface area contributed by atoms with Crippen LogP contribution in [0.15, 0.2) is 24.3 Å². The van der Waals surface area contributed by atoms with Gasteiger partial charge in [0.25, 0.3) is 0 Å². The second-order valence-corrected chi connectivity index (χ2v) is 6.63. The van der Waals surface area contributed by atoms with Crippen molar-refractivity contribution in [3.05, 3.63) is 29.8 Å². The first-order chi connectivity index (χ1) is 11.0. The number of methoxy groups -OCH3 is 1. The molecule has 5 nitrogen and oxygen atoms in total. The Kier molecular flexibility index (Phi) is 6.42. The van der Waals surface area contributed by atoms with Crippen LogP contribution in [0.1, 0.15) is 31.9 Å². The SMILES string of the molecule is COc1ccc(C(NC(=O)CN2CCC(CO)C2)C(C)C)cc1. The number of carbonyl (C=O) groups excluding carboxylic acids is 1. The Hall–Kier alpha value is -1.59. The summed E-state index contributed by atoms with van der Waals surface area (Å²) in [4.78, 5) is 14.5. The number of likely N-dealkylation sites (tertiary alicyclic amines) is 1. The van der Waals surface area contributed by atoms with Crippen molar-refractivity contribution in [1.82, 2.24) is 10.2 Å². The number of carbonyl (C=O) groups is 1. The molecule has 2 rings (SSSR count). The van der Waals surface area contributed by atoms with Crippen molar-refractivity contribution in [2.24, 2.45) is 11.8 Å². The molecule has 1 saturated heterocycles. The van der Waals surface area contributed by atoms with Crippen molar-refractivity contribution in [2.75, 3.05) is 33.4 Å². The van der Waals surface area contributed by atoms with E-state index >= 15 is 0 Å². The van der Waals surface area contributed by atoms with Crippen LogP contribution in [-0.2, 0) is 4.79 Å². The van der Waals surface area contributed by atoms with Crippen molar-refractivity contribution in [1.29, 1.82) is 0 Å². The van der Waals surface area contributed by atoms with Crippen LogP contribution < -0.4 is 10.1 Å². The number of rotatable bonds is 7. The highest BCUT2D eigenvalue weighted by atomic mass is 16.5. The topological polar surface area (TPSA) is 61.8 Å². The van der Waals surface area contributed by atoms with Crippen LogP contribution in [0.2, 0.25) is 0 Å². The first-order valence-electron chi connectivity index (χ1n) is 8.30. The second-order valence-electron chi connectivity index (χ2n) is 6.63. The largest absolute Gasteiger partial charge is 0.497 e. The van der Waals surface area contributed by atoms with Gasteiger partial charge in [-0.15, -0.1) is 0 Å². The zero-order valence-corrected chi connectivity index (χ0v) is 14.3. The molecule has 1 aliphatic rings.